The fourth-order valence-corrected chi connectivity index (χ4v) is 3.18. The fourth-order valence-electron chi connectivity index (χ4n) is 3.18. The number of carbonyl (C=O) groups excluding carboxylic acids is 1. The molecule has 126 valence electrons. The number of hydrogen-bond acceptors (Lipinski definition) is 4. The summed E-state index contributed by atoms with van der Waals surface area (Å²) in [7, 11) is 0. The molecule has 0 bridgehead atoms. The normalized spacial score (nSPS) is 21.0. The van der Waals surface area contributed by atoms with Gasteiger partial charge in [-0.3, -0.25) is 4.79 Å². The van der Waals surface area contributed by atoms with E-state index in [2.05, 4.69) is 6.58 Å². The molecule has 3 rings (SSSR count). The minimum atomic E-state index is -0.601. The van der Waals surface area contributed by atoms with E-state index in [1.54, 1.807) is 17.0 Å². The molecule has 0 N–H and O–H groups in total. The molecule has 0 spiro atoms. The highest BCUT2D eigenvalue weighted by atomic mass is 16.5. The van der Waals surface area contributed by atoms with Gasteiger partial charge in [0.05, 0.1) is 12.2 Å². The summed E-state index contributed by atoms with van der Waals surface area (Å²) in [6.45, 7) is 8.49. The zero-order valence-corrected chi connectivity index (χ0v) is 14.0. The number of fused-ring (bicyclic) bond motifs is 1. The van der Waals surface area contributed by atoms with Crippen LogP contribution in [0.2, 0.25) is 0 Å². The maximum Gasteiger partial charge on any atom is 0.349 e. The van der Waals surface area contributed by atoms with Crippen LogP contribution < -0.4 is 5.63 Å². The number of amides is 1. The summed E-state index contributed by atoms with van der Waals surface area (Å²) < 4.78 is 11.1. The van der Waals surface area contributed by atoms with Crippen LogP contribution in [0.25, 0.3) is 11.0 Å². The Morgan fingerprint density at radius 2 is 2.04 bits per heavy atom. The summed E-state index contributed by atoms with van der Waals surface area (Å²) in [5, 5.41) is 0.742. The third-order valence-corrected chi connectivity index (χ3v) is 4.14. The number of morpholine rings is 1. The van der Waals surface area contributed by atoms with Crippen LogP contribution in [0.5, 0.6) is 0 Å². The Morgan fingerprint density at radius 3 is 2.71 bits per heavy atom. The minimum Gasteiger partial charge on any atom is -0.422 e. The van der Waals surface area contributed by atoms with E-state index in [1.807, 2.05) is 32.0 Å². The highest BCUT2D eigenvalue weighted by Gasteiger charge is 2.28. The van der Waals surface area contributed by atoms with E-state index in [9.17, 15) is 9.59 Å². The zero-order chi connectivity index (χ0) is 17.3. The van der Waals surface area contributed by atoms with Gasteiger partial charge in [-0.2, -0.15) is 0 Å². The third kappa shape index (κ3) is 3.12. The first-order valence-electron chi connectivity index (χ1n) is 8.11. The van der Waals surface area contributed by atoms with Crippen LogP contribution in [0.1, 0.15) is 29.8 Å². The Bertz CT molecular complexity index is 829. The number of para-hydroxylation sites is 1. The van der Waals surface area contributed by atoms with Crippen molar-refractivity contribution in [3.63, 3.8) is 0 Å². The second kappa shape index (κ2) is 6.61. The Labute approximate surface area is 140 Å². The van der Waals surface area contributed by atoms with E-state index in [4.69, 9.17) is 9.15 Å². The van der Waals surface area contributed by atoms with E-state index in [0.717, 1.165) is 10.9 Å². The minimum absolute atomic E-state index is 0.0515. The van der Waals surface area contributed by atoms with Crippen LogP contribution in [-0.2, 0) is 11.2 Å². The largest absolute Gasteiger partial charge is 0.422 e. The summed E-state index contributed by atoms with van der Waals surface area (Å²) in [4.78, 5) is 26.8. The van der Waals surface area contributed by atoms with E-state index in [0.29, 0.717) is 25.1 Å². The first-order valence-corrected chi connectivity index (χ1v) is 8.11. The topological polar surface area (TPSA) is 59.8 Å². The molecule has 2 heterocycles. The first-order chi connectivity index (χ1) is 11.5. The molecule has 2 unspecified atom stereocenters. The van der Waals surface area contributed by atoms with Gasteiger partial charge in [0.2, 0.25) is 0 Å². The fraction of sp³-hybridized carbons (Fsp3) is 0.368. The average Bonchev–Trinajstić information content (AvgIpc) is 2.53. The number of rotatable bonds is 3. The number of ether oxygens (including phenoxy) is 1. The quantitative estimate of drug-likeness (QED) is 0.642. The van der Waals surface area contributed by atoms with E-state index < -0.39 is 5.63 Å². The smallest absolute Gasteiger partial charge is 0.349 e. The highest BCUT2D eigenvalue weighted by molar-refractivity contribution is 5.97. The van der Waals surface area contributed by atoms with Crippen molar-refractivity contribution in [3.8, 4) is 0 Å². The first kappa shape index (κ1) is 16.5. The molecule has 2 atom stereocenters. The van der Waals surface area contributed by atoms with Crippen LogP contribution >= 0.6 is 0 Å². The second-order valence-corrected chi connectivity index (χ2v) is 6.24. The predicted molar refractivity (Wildman–Crippen MR) is 92.3 cm³/mol. The van der Waals surface area contributed by atoms with E-state index in [1.165, 1.54) is 0 Å². The number of hydrogen-bond donors (Lipinski definition) is 0. The van der Waals surface area contributed by atoms with Crippen molar-refractivity contribution in [2.75, 3.05) is 13.1 Å². The maximum absolute atomic E-state index is 12.8. The summed E-state index contributed by atoms with van der Waals surface area (Å²) >= 11 is 0. The molecule has 0 saturated carbocycles. The molecule has 0 radical (unpaired) electrons. The Morgan fingerprint density at radius 1 is 1.33 bits per heavy atom. The molecule has 1 amide bonds. The molecule has 1 aliphatic heterocycles. The van der Waals surface area contributed by atoms with Gasteiger partial charge >= 0.3 is 5.63 Å². The van der Waals surface area contributed by atoms with Crippen molar-refractivity contribution < 1.29 is 13.9 Å². The summed E-state index contributed by atoms with van der Waals surface area (Å²) in [6, 6.07) is 7.24. The average molecular weight is 327 g/mol. The van der Waals surface area contributed by atoms with Gasteiger partial charge in [0.25, 0.3) is 5.91 Å². The van der Waals surface area contributed by atoms with Crippen molar-refractivity contribution >= 4 is 16.9 Å². The van der Waals surface area contributed by atoms with Gasteiger partial charge in [0.1, 0.15) is 11.1 Å². The molecule has 2 aromatic rings. The number of carbonyl (C=O) groups is 1. The van der Waals surface area contributed by atoms with E-state index >= 15 is 0 Å². The van der Waals surface area contributed by atoms with Gasteiger partial charge in [-0.15, -0.1) is 6.58 Å². The molecular weight excluding hydrogens is 306 g/mol. The highest BCUT2D eigenvalue weighted by Crippen LogP contribution is 2.20. The summed E-state index contributed by atoms with van der Waals surface area (Å²) in [5.41, 5.74) is 0.866. The van der Waals surface area contributed by atoms with Crippen LogP contribution in [0, 0.1) is 0 Å². The third-order valence-electron chi connectivity index (χ3n) is 4.14. The molecule has 1 fully saturated rings. The van der Waals surface area contributed by atoms with Gasteiger partial charge in [-0.05, 0) is 31.9 Å². The number of allylic oxidation sites excluding steroid dienone is 1. The molecule has 1 aromatic heterocycles. The molecule has 1 saturated heterocycles. The maximum atomic E-state index is 12.8. The number of benzene rings is 1. The Hall–Kier alpha value is -2.40. The van der Waals surface area contributed by atoms with Gasteiger partial charge in [0.15, 0.2) is 0 Å². The van der Waals surface area contributed by atoms with Crippen molar-refractivity contribution in [2.24, 2.45) is 0 Å². The van der Waals surface area contributed by atoms with Gasteiger partial charge in [-0.1, -0.05) is 24.3 Å². The Balaban J connectivity index is 2.00. The van der Waals surface area contributed by atoms with E-state index in [-0.39, 0.29) is 23.7 Å². The lowest BCUT2D eigenvalue weighted by Gasteiger charge is -2.35. The van der Waals surface area contributed by atoms with Gasteiger partial charge in [-0.25, -0.2) is 4.79 Å². The molecule has 1 aliphatic rings. The van der Waals surface area contributed by atoms with Crippen molar-refractivity contribution in [3.05, 3.63) is 58.5 Å². The summed E-state index contributed by atoms with van der Waals surface area (Å²) in [6.07, 6.45) is 2.25. The lowest BCUT2D eigenvalue weighted by atomic mass is 10.1. The lowest BCUT2D eigenvalue weighted by molar-refractivity contribution is -0.0587. The van der Waals surface area contributed by atoms with Gasteiger partial charge < -0.3 is 14.1 Å². The molecule has 5 nitrogen and oxygen atoms in total. The van der Waals surface area contributed by atoms with Crippen LogP contribution in [0.3, 0.4) is 0 Å². The van der Waals surface area contributed by atoms with Crippen LogP contribution in [0.4, 0.5) is 0 Å². The zero-order valence-electron chi connectivity index (χ0n) is 14.0. The van der Waals surface area contributed by atoms with Crippen molar-refractivity contribution in [1.82, 2.24) is 4.90 Å². The monoisotopic (exact) mass is 327 g/mol. The van der Waals surface area contributed by atoms with Crippen LogP contribution in [0.15, 0.2) is 46.1 Å². The lowest BCUT2D eigenvalue weighted by Crippen LogP contribution is -2.49. The molecule has 0 aliphatic carbocycles. The number of nitrogens with zero attached hydrogens (tertiary/aromatic N) is 1. The van der Waals surface area contributed by atoms with Gasteiger partial charge in [0, 0.05) is 18.5 Å². The van der Waals surface area contributed by atoms with Crippen molar-refractivity contribution in [2.45, 2.75) is 32.5 Å². The van der Waals surface area contributed by atoms with Crippen LogP contribution in [-0.4, -0.2) is 36.1 Å². The molecule has 5 heteroatoms. The SMILES string of the molecule is C=CCc1cccc2cc(C(=O)N3CC(C)OC(C)C3)c(=O)oc12. The predicted octanol–water partition coefficient (Wildman–Crippen LogP) is 2.77. The standard InChI is InChI=1S/C19H21NO4/c1-4-6-14-7-5-8-15-9-16(19(22)24-17(14)15)18(21)20-10-12(2)23-13(3)11-20/h4-5,7-9,12-13H,1,6,10-11H2,2-3H3. The molecule has 24 heavy (non-hydrogen) atoms. The summed E-state index contributed by atoms with van der Waals surface area (Å²) in [5.74, 6) is -0.304. The van der Waals surface area contributed by atoms with Crippen molar-refractivity contribution in [1.29, 1.82) is 0 Å². The molecular formula is C19H21NO4. The second-order valence-electron chi connectivity index (χ2n) is 6.24. The Kier molecular flexibility index (Phi) is 4.53. The molecule has 1 aromatic carbocycles.